The minimum atomic E-state index is -1.03. The molecule has 0 saturated carbocycles. The van der Waals surface area contributed by atoms with Gasteiger partial charge in [-0.1, -0.05) is 24.3 Å². The van der Waals surface area contributed by atoms with Gasteiger partial charge in [0.1, 0.15) is 11.6 Å². The third-order valence-electron chi connectivity index (χ3n) is 2.65. The van der Waals surface area contributed by atoms with Crippen LogP contribution in [0.25, 0.3) is 11.1 Å². The smallest absolute Gasteiger partial charge is 0.344 e. The van der Waals surface area contributed by atoms with E-state index in [0.717, 1.165) is 5.56 Å². The Hall–Kier alpha value is -2.36. The van der Waals surface area contributed by atoms with Crippen molar-refractivity contribution in [2.45, 2.75) is 13.0 Å². The van der Waals surface area contributed by atoms with E-state index in [2.05, 4.69) is 0 Å². The predicted octanol–water partition coefficient (Wildman–Crippen LogP) is 3.34. The highest BCUT2D eigenvalue weighted by Gasteiger charge is 2.12. The van der Waals surface area contributed by atoms with Crippen molar-refractivity contribution in [2.24, 2.45) is 0 Å². The summed E-state index contributed by atoms with van der Waals surface area (Å²) in [4.78, 5) is 10.7. The second-order valence-electron chi connectivity index (χ2n) is 4.14. The van der Waals surface area contributed by atoms with Gasteiger partial charge in [-0.25, -0.2) is 9.18 Å². The van der Waals surface area contributed by atoms with Crippen molar-refractivity contribution < 1.29 is 19.0 Å². The Morgan fingerprint density at radius 1 is 1.16 bits per heavy atom. The molecule has 2 rings (SSSR count). The first-order valence-electron chi connectivity index (χ1n) is 5.82. The van der Waals surface area contributed by atoms with Crippen LogP contribution >= 0.6 is 0 Å². The van der Waals surface area contributed by atoms with E-state index >= 15 is 0 Å². The van der Waals surface area contributed by atoms with Crippen molar-refractivity contribution >= 4 is 5.97 Å². The molecule has 0 radical (unpaired) electrons. The molecule has 0 fully saturated rings. The Bertz CT molecular complexity index is 595. The van der Waals surface area contributed by atoms with Crippen LogP contribution in [0, 0.1) is 5.82 Å². The zero-order chi connectivity index (χ0) is 13.8. The number of ether oxygens (including phenoxy) is 1. The fourth-order valence-electron chi connectivity index (χ4n) is 1.67. The van der Waals surface area contributed by atoms with Crippen LogP contribution in [-0.4, -0.2) is 17.2 Å². The van der Waals surface area contributed by atoms with Gasteiger partial charge in [-0.3, -0.25) is 0 Å². The molecule has 0 spiro atoms. The molecule has 0 aliphatic heterocycles. The lowest BCUT2D eigenvalue weighted by molar-refractivity contribution is -0.144. The Balaban J connectivity index is 2.27. The molecule has 19 heavy (non-hydrogen) atoms. The molecule has 0 aliphatic carbocycles. The van der Waals surface area contributed by atoms with Gasteiger partial charge < -0.3 is 9.84 Å². The molecule has 0 amide bonds. The van der Waals surface area contributed by atoms with Gasteiger partial charge in [0, 0.05) is 0 Å². The molecule has 0 aromatic heterocycles. The molecule has 4 heteroatoms. The topological polar surface area (TPSA) is 46.5 Å². The van der Waals surface area contributed by atoms with E-state index in [1.807, 2.05) is 6.07 Å². The monoisotopic (exact) mass is 260 g/mol. The highest BCUT2D eigenvalue weighted by atomic mass is 19.1. The lowest BCUT2D eigenvalue weighted by Crippen LogP contribution is -2.22. The Labute approximate surface area is 110 Å². The summed E-state index contributed by atoms with van der Waals surface area (Å²) < 4.78 is 18.4. The maximum Gasteiger partial charge on any atom is 0.344 e. The Morgan fingerprint density at radius 2 is 1.79 bits per heavy atom. The van der Waals surface area contributed by atoms with Gasteiger partial charge in [-0.05, 0) is 42.3 Å². The molecule has 0 bridgehead atoms. The van der Waals surface area contributed by atoms with Crippen LogP contribution in [0.15, 0.2) is 48.5 Å². The second-order valence-corrected chi connectivity index (χ2v) is 4.14. The average Bonchev–Trinajstić information content (AvgIpc) is 2.39. The number of carboxylic acids is 1. The molecular formula is C15H13FO3. The summed E-state index contributed by atoms with van der Waals surface area (Å²) in [5, 5.41) is 8.79. The number of halogens is 1. The van der Waals surface area contributed by atoms with Crippen molar-refractivity contribution in [3.05, 3.63) is 54.3 Å². The highest BCUT2D eigenvalue weighted by Crippen LogP contribution is 2.24. The summed E-state index contributed by atoms with van der Waals surface area (Å²) in [6.07, 6.45) is -0.928. The summed E-state index contributed by atoms with van der Waals surface area (Å²) >= 11 is 0. The molecule has 1 unspecified atom stereocenters. The summed E-state index contributed by atoms with van der Waals surface area (Å²) in [5.41, 5.74) is 1.49. The SMILES string of the molecule is CC(Oc1cccc(-c2cccc(F)c2)c1)C(=O)O. The van der Waals surface area contributed by atoms with Crippen molar-refractivity contribution in [3.8, 4) is 16.9 Å². The maximum atomic E-state index is 13.2. The number of benzene rings is 2. The number of hydrogen-bond acceptors (Lipinski definition) is 2. The van der Waals surface area contributed by atoms with Gasteiger partial charge in [0.2, 0.25) is 0 Å². The van der Waals surface area contributed by atoms with Gasteiger partial charge in [-0.15, -0.1) is 0 Å². The van der Waals surface area contributed by atoms with Gasteiger partial charge in [0.25, 0.3) is 0 Å². The average molecular weight is 260 g/mol. The van der Waals surface area contributed by atoms with Crippen molar-refractivity contribution in [1.82, 2.24) is 0 Å². The number of carboxylic acid groups (broad SMARTS) is 1. The molecule has 0 aliphatic rings. The molecule has 3 nitrogen and oxygen atoms in total. The number of hydrogen-bond donors (Lipinski definition) is 1. The van der Waals surface area contributed by atoms with Gasteiger partial charge in [0.15, 0.2) is 6.10 Å². The zero-order valence-electron chi connectivity index (χ0n) is 10.3. The molecule has 0 saturated heterocycles. The van der Waals surface area contributed by atoms with E-state index < -0.39 is 12.1 Å². The summed E-state index contributed by atoms with van der Waals surface area (Å²) in [5.74, 6) is -0.907. The van der Waals surface area contributed by atoms with Gasteiger partial charge in [0.05, 0.1) is 0 Å². The second kappa shape index (κ2) is 5.52. The lowest BCUT2D eigenvalue weighted by atomic mass is 10.1. The summed E-state index contributed by atoms with van der Waals surface area (Å²) in [6.45, 7) is 1.46. The Kier molecular flexibility index (Phi) is 3.80. The van der Waals surface area contributed by atoms with Gasteiger partial charge >= 0.3 is 5.97 Å². The van der Waals surface area contributed by atoms with Crippen LogP contribution in [-0.2, 0) is 4.79 Å². The summed E-state index contributed by atoms with van der Waals surface area (Å²) in [6, 6.07) is 13.1. The van der Waals surface area contributed by atoms with Crippen LogP contribution in [0.5, 0.6) is 5.75 Å². The van der Waals surface area contributed by atoms with E-state index in [-0.39, 0.29) is 5.82 Å². The third-order valence-corrected chi connectivity index (χ3v) is 2.65. The first-order valence-corrected chi connectivity index (χ1v) is 5.82. The largest absolute Gasteiger partial charge is 0.479 e. The van der Waals surface area contributed by atoms with E-state index in [1.165, 1.54) is 19.1 Å². The minimum Gasteiger partial charge on any atom is -0.479 e. The first-order chi connectivity index (χ1) is 9.06. The molecule has 1 N–H and O–H groups in total. The summed E-state index contributed by atoms with van der Waals surface area (Å²) in [7, 11) is 0. The quantitative estimate of drug-likeness (QED) is 0.917. The predicted molar refractivity (Wildman–Crippen MR) is 69.6 cm³/mol. The van der Waals surface area contributed by atoms with E-state index in [9.17, 15) is 9.18 Å². The van der Waals surface area contributed by atoms with Crippen LogP contribution < -0.4 is 4.74 Å². The van der Waals surface area contributed by atoms with Gasteiger partial charge in [-0.2, -0.15) is 0 Å². The van der Waals surface area contributed by atoms with Crippen LogP contribution in [0.2, 0.25) is 0 Å². The van der Waals surface area contributed by atoms with Crippen LogP contribution in [0.1, 0.15) is 6.92 Å². The highest BCUT2D eigenvalue weighted by molar-refractivity contribution is 5.72. The maximum absolute atomic E-state index is 13.2. The fraction of sp³-hybridized carbons (Fsp3) is 0.133. The van der Waals surface area contributed by atoms with E-state index in [1.54, 1.807) is 30.3 Å². The number of aliphatic carboxylic acids is 1. The standard InChI is InChI=1S/C15H13FO3/c1-10(15(17)18)19-14-7-3-5-12(9-14)11-4-2-6-13(16)8-11/h2-10H,1H3,(H,17,18). The molecular weight excluding hydrogens is 247 g/mol. The van der Waals surface area contributed by atoms with Crippen LogP contribution in [0.3, 0.4) is 0 Å². The fourth-order valence-corrected chi connectivity index (χ4v) is 1.67. The number of carbonyl (C=O) groups is 1. The molecule has 2 aromatic rings. The van der Waals surface area contributed by atoms with Crippen molar-refractivity contribution in [1.29, 1.82) is 0 Å². The minimum absolute atomic E-state index is 0.317. The zero-order valence-corrected chi connectivity index (χ0v) is 10.3. The molecule has 1 atom stereocenters. The normalized spacial score (nSPS) is 11.9. The molecule has 2 aromatic carbocycles. The van der Waals surface area contributed by atoms with Crippen molar-refractivity contribution in [3.63, 3.8) is 0 Å². The van der Waals surface area contributed by atoms with Crippen LogP contribution in [0.4, 0.5) is 4.39 Å². The molecule has 0 heterocycles. The first kappa shape index (κ1) is 13.1. The Morgan fingerprint density at radius 3 is 2.42 bits per heavy atom. The van der Waals surface area contributed by atoms with Crippen molar-refractivity contribution in [2.75, 3.05) is 0 Å². The van der Waals surface area contributed by atoms with E-state index in [4.69, 9.17) is 9.84 Å². The number of rotatable bonds is 4. The molecule has 98 valence electrons. The third kappa shape index (κ3) is 3.31. The lowest BCUT2D eigenvalue weighted by Gasteiger charge is -2.11. The van der Waals surface area contributed by atoms with E-state index in [0.29, 0.717) is 11.3 Å².